The number of hydrogen-bond acceptors (Lipinski definition) is 3. The van der Waals surface area contributed by atoms with Crippen LogP contribution >= 0.6 is 0 Å². The molecule has 2 aromatic heterocycles. The molecule has 0 radical (unpaired) electrons. The highest BCUT2D eigenvalue weighted by atomic mass is 15.2. The zero-order valence-electron chi connectivity index (χ0n) is 15.8. The SMILES string of the molecule is CC(C)c1cccnc1N(C)Cc1cc(C(C)C)c2cccnc2c1. The van der Waals surface area contributed by atoms with Gasteiger partial charge in [-0.15, -0.1) is 0 Å². The second-order valence-corrected chi connectivity index (χ2v) is 7.34. The lowest BCUT2D eigenvalue weighted by atomic mass is 9.95. The summed E-state index contributed by atoms with van der Waals surface area (Å²) in [5.41, 5.74) is 4.99. The van der Waals surface area contributed by atoms with Gasteiger partial charge in [-0.05, 0) is 46.7 Å². The zero-order chi connectivity index (χ0) is 18.0. The van der Waals surface area contributed by atoms with Gasteiger partial charge in [-0.2, -0.15) is 0 Å². The molecule has 2 heterocycles. The van der Waals surface area contributed by atoms with E-state index in [4.69, 9.17) is 0 Å². The van der Waals surface area contributed by atoms with E-state index in [1.54, 1.807) is 0 Å². The Balaban J connectivity index is 1.98. The van der Waals surface area contributed by atoms with Crippen molar-refractivity contribution in [3.8, 4) is 0 Å². The van der Waals surface area contributed by atoms with Gasteiger partial charge in [-0.3, -0.25) is 4.98 Å². The topological polar surface area (TPSA) is 29.0 Å². The third-order valence-corrected chi connectivity index (χ3v) is 4.65. The summed E-state index contributed by atoms with van der Waals surface area (Å²) in [7, 11) is 2.12. The molecule has 25 heavy (non-hydrogen) atoms. The monoisotopic (exact) mass is 333 g/mol. The molecule has 130 valence electrons. The van der Waals surface area contributed by atoms with E-state index in [-0.39, 0.29) is 0 Å². The van der Waals surface area contributed by atoms with Crippen molar-refractivity contribution in [1.29, 1.82) is 0 Å². The predicted molar refractivity (Wildman–Crippen MR) is 106 cm³/mol. The van der Waals surface area contributed by atoms with E-state index >= 15 is 0 Å². The summed E-state index contributed by atoms with van der Waals surface area (Å²) in [5.74, 6) is 1.98. The van der Waals surface area contributed by atoms with Crippen LogP contribution in [0.5, 0.6) is 0 Å². The first-order valence-electron chi connectivity index (χ1n) is 9.01. The van der Waals surface area contributed by atoms with E-state index in [9.17, 15) is 0 Å². The summed E-state index contributed by atoms with van der Waals surface area (Å²) in [6.07, 6.45) is 3.74. The Hall–Kier alpha value is -2.42. The van der Waals surface area contributed by atoms with Gasteiger partial charge in [0.05, 0.1) is 5.52 Å². The van der Waals surface area contributed by atoms with Gasteiger partial charge in [0, 0.05) is 31.4 Å². The van der Waals surface area contributed by atoms with Crippen LogP contribution in [-0.2, 0) is 6.54 Å². The Morgan fingerprint density at radius 3 is 2.28 bits per heavy atom. The highest BCUT2D eigenvalue weighted by Crippen LogP contribution is 2.29. The number of anilines is 1. The molecule has 0 aliphatic carbocycles. The van der Waals surface area contributed by atoms with E-state index in [1.165, 1.54) is 22.1 Å². The molecule has 0 bridgehead atoms. The molecule has 0 amide bonds. The van der Waals surface area contributed by atoms with Crippen LogP contribution < -0.4 is 4.90 Å². The van der Waals surface area contributed by atoms with E-state index < -0.39 is 0 Å². The fourth-order valence-electron chi connectivity index (χ4n) is 3.37. The number of fused-ring (bicyclic) bond motifs is 1. The fraction of sp³-hybridized carbons (Fsp3) is 0.364. The van der Waals surface area contributed by atoms with E-state index in [0.29, 0.717) is 11.8 Å². The Morgan fingerprint density at radius 1 is 0.880 bits per heavy atom. The smallest absolute Gasteiger partial charge is 0.132 e. The van der Waals surface area contributed by atoms with Crippen molar-refractivity contribution in [3.63, 3.8) is 0 Å². The molecule has 0 spiro atoms. The molecule has 0 saturated heterocycles. The third-order valence-electron chi connectivity index (χ3n) is 4.65. The second-order valence-electron chi connectivity index (χ2n) is 7.34. The van der Waals surface area contributed by atoms with Crippen molar-refractivity contribution >= 4 is 16.7 Å². The van der Waals surface area contributed by atoms with Crippen molar-refractivity contribution in [3.05, 3.63) is 65.5 Å². The molecule has 0 unspecified atom stereocenters. The van der Waals surface area contributed by atoms with Crippen molar-refractivity contribution in [2.24, 2.45) is 0 Å². The maximum Gasteiger partial charge on any atom is 0.132 e. The molecule has 3 heteroatoms. The Morgan fingerprint density at radius 2 is 1.56 bits per heavy atom. The molecule has 0 aliphatic heterocycles. The summed E-state index contributed by atoms with van der Waals surface area (Å²) < 4.78 is 0. The number of nitrogens with zero attached hydrogens (tertiary/aromatic N) is 3. The van der Waals surface area contributed by atoms with Crippen LogP contribution in [0.2, 0.25) is 0 Å². The van der Waals surface area contributed by atoms with Gasteiger partial charge in [-0.1, -0.05) is 45.9 Å². The average Bonchev–Trinajstić information content (AvgIpc) is 2.60. The number of hydrogen-bond donors (Lipinski definition) is 0. The number of rotatable bonds is 5. The molecule has 3 nitrogen and oxygen atoms in total. The Kier molecular flexibility index (Phi) is 5.03. The van der Waals surface area contributed by atoms with Gasteiger partial charge in [0.2, 0.25) is 0 Å². The van der Waals surface area contributed by atoms with Crippen LogP contribution in [0.1, 0.15) is 56.2 Å². The first-order chi connectivity index (χ1) is 12.0. The van der Waals surface area contributed by atoms with Gasteiger partial charge in [0.1, 0.15) is 5.82 Å². The fourth-order valence-corrected chi connectivity index (χ4v) is 3.37. The van der Waals surface area contributed by atoms with Crippen LogP contribution in [0.15, 0.2) is 48.8 Å². The van der Waals surface area contributed by atoms with E-state index in [0.717, 1.165) is 17.9 Å². The number of benzene rings is 1. The van der Waals surface area contributed by atoms with Crippen LogP contribution in [0.25, 0.3) is 10.9 Å². The zero-order valence-corrected chi connectivity index (χ0v) is 15.8. The van der Waals surface area contributed by atoms with Gasteiger partial charge >= 0.3 is 0 Å². The Labute approximate surface area is 150 Å². The van der Waals surface area contributed by atoms with E-state index in [2.05, 4.69) is 73.9 Å². The van der Waals surface area contributed by atoms with Gasteiger partial charge in [-0.25, -0.2) is 4.98 Å². The van der Waals surface area contributed by atoms with Gasteiger partial charge < -0.3 is 4.90 Å². The predicted octanol–water partition coefficient (Wildman–Crippen LogP) is 5.51. The minimum Gasteiger partial charge on any atom is -0.355 e. The van der Waals surface area contributed by atoms with Crippen LogP contribution in [0.4, 0.5) is 5.82 Å². The highest BCUT2D eigenvalue weighted by molar-refractivity contribution is 5.83. The maximum atomic E-state index is 4.63. The van der Waals surface area contributed by atoms with Crippen molar-refractivity contribution in [2.45, 2.75) is 46.1 Å². The van der Waals surface area contributed by atoms with Crippen molar-refractivity contribution in [2.75, 3.05) is 11.9 Å². The molecule has 0 atom stereocenters. The Bertz CT molecular complexity index is 868. The molecular formula is C22H27N3. The van der Waals surface area contributed by atoms with Gasteiger partial charge in [0.25, 0.3) is 0 Å². The van der Waals surface area contributed by atoms with Crippen LogP contribution in [-0.4, -0.2) is 17.0 Å². The highest BCUT2D eigenvalue weighted by Gasteiger charge is 2.14. The minimum atomic E-state index is 0.454. The molecular weight excluding hydrogens is 306 g/mol. The van der Waals surface area contributed by atoms with E-state index in [1.807, 2.05) is 24.5 Å². The van der Waals surface area contributed by atoms with Crippen molar-refractivity contribution < 1.29 is 0 Å². The number of pyridine rings is 2. The van der Waals surface area contributed by atoms with Crippen LogP contribution in [0, 0.1) is 0 Å². The first-order valence-corrected chi connectivity index (χ1v) is 9.01. The standard InChI is InChI=1S/C22H27N3/c1-15(2)18-8-6-11-24-22(18)25(5)14-17-12-20(16(3)4)19-9-7-10-23-21(19)13-17/h6-13,15-16H,14H2,1-5H3. The molecule has 0 saturated carbocycles. The van der Waals surface area contributed by atoms with Crippen molar-refractivity contribution in [1.82, 2.24) is 9.97 Å². The molecule has 0 aliphatic rings. The molecule has 1 aromatic carbocycles. The summed E-state index contributed by atoms with van der Waals surface area (Å²) in [5, 5.41) is 1.25. The maximum absolute atomic E-state index is 4.63. The minimum absolute atomic E-state index is 0.454. The summed E-state index contributed by atoms with van der Waals surface area (Å²) >= 11 is 0. The van der Waals surface area contributed by atoms with Crippen LogP contribution in [0.3, 0.4) is 0 Å². The molecule has 0 N–H and O–H groups in total. The lowest BCUT2D eigenvalue weighted by Crippen LogP contribution is -2.20. The first kappa shape index (κ1) is 17.4. The number of aromatic nitrogens is 2. The summed E-state index contributed by atoms with van der Waals surface area (Å²) in [6.45, 7) is 9.73. The molecule has 3 aromatic rings. The van der Waals surface area contributed by atoms with Gasteiger partial charge in [0.15, 0.2) is 0 Å². The average molecular weight is 333 g/mol. The summed E-state index contributed by atoms with van der Waals surface area (Å²) in [6, 6.07) is 12.9. The molecule has 3 rings (SSSR count). The normalized spacial score (nSPS) is 11.5. The lowest BCUT2D eigenvalue weighted by molar-refractivity contribution is 0.816. The molecule has 0 fully saturated rings. The quantitative estimate of drug-likeness (QED) is 0.616. The largest absolute Gasteiger partial charge is 0.355 e. The second kappa shape index (κ2) is 7.22. The lowest BCUT2D eigenvalue weighted by Gasteiger charge is -2.23. The third kappa shape index (κ3) is 3.65. The summed E-state index contributed by atoms with van der Waals surface area (Å²) in [4.78, 5) is 11.4.